The Morgan fingerprint density at radius 1 is 1.20 bits per heavy atom. The molecule has 2 aromatic rings. The van der Waals surface area contributed by atoms with Crippen LogP contribution in [0.1, 0.15) is 0 Å². The van der Waals surface area contributed by atoms with E-state index in [-0.39, 0.29) is 19.5 Å². The molecule has 0 aliphatic rings. The zero-order valence-corrected chi connectivity index (χ0v) is 8.56. The Hall–Kier alpha value is -0.617. The number of nitrogens with one attached hydrogen (secondary N) is 1. The summed E-state index contributed by atoms with van der Waals surface area (Å²) in [5.41, 5.74) is 1.15. The second-order valence-corrected chi connectivity index (χ2v) is 2.00. The van der Waals surface area contributed by atoms with E-state index in [1.807, 2.05) is 24.3 Å². The van der Waals surface area contributed by atoms with Gasteiger partial charge in [-0.25, -0.2) is 0 Å². The predicted octanol–water partition coefficient (Wildman–Crippen LogP) is 1.97. The molecular formula is C8H6NZn-. The Labute approximate surface area is 72.2 Å². The van der Waals surface area contributed by atoms with E-state index < -0.39 is 0 Å². The maximum Gasteiger partial charge on any atom is 0 e. The zero-order chi connectivity index (χ0) is 6.10. The maximum atomic E-state index is 2.99. The molecule has 0 aliphatic heterocycles. The number of aromatic nitrogens is 1. The molecule has 0 aliphatic carbocycles. The van der Waals surface area contributed by atoms with Crippen molar-refractivity contribution in [3.8, 4) is 0 Å². The van der Waals surface area contributed by atoms with Crippen molar-refractivity contribution < 1.29 is 19.5 Å². The minimum atomic E-state index is 0. The summed E-state index contributed by atoms with van der Waals surface area (Å²) in [5, 5.41) is 1.22. The number of H-pyrrole nitrogens is 1. The van der Waals surface area contributed by atoms with Crippen molar-refractivity contribution in [3.05, 3.63) is 36.5 Å². The van der Waals surface area contributed by atoms with Crippen LogP contribution in [0.25, 0.3) is 10.9 Å². The van der Waals surface area contributed by atoms with Gasteiger partial charge in [0.05, 0.1) is 0 Å². The van der Waals surface area contributed by atoms with Crippen molar-refractivity contribution in [1.29, 1.82) is 0 Å². The van der Waals surface area contributed by atoms with Crippen molar-refractivity contribution in [1.82, 2.24) is 4.98 Å². The molecule has 0 amide bonds. The monoisotopic (exact) mass is 180 g/mol. The molecule has 0 fully saturated rings. The minimum Gasteiger partial charge on any atom is -0.477 e. The third kappa shape index (κ3) is 1.12. The van der Waals surface area contributed by atoms with Gasteiger partial charge in [-0.3, -0.25) is 0 Å². The third-order valence-corrected chi connectivity index (χ3v) is 1.40. The predicted molar refractivity (Wildman–Crippen MR) is 37.1 cm³/mol. The molecule has 10 heavy (non-hydrogen) atoms. The van der Waals surface area contributed by atoms with E-state index in [1.165, 1.54) is 5.39 Å². The quantitative estimate of drug-likeness (QED) is 0.473. The number of benzene rings is 1. The first-order valence-electron chi connectivity index (χ1n) is 2.90. The fraction of sp³-hybridized carbons (Fsp3) is 0. The second-order valence-electron chi connectivity index (χ2n) is 2.00. The van der Waals surface area contributed by atoms with Crippen LogP contribution in [-0.2, 0) is 19.5 Å². The molecule has 0 atom stereocenters. The summed E-state index contributed by atoms with van der Waals surface area (Å²) in [6, 6.07) is 10.1. The van der Waals surface area contributed by atoms with Gasteiger partial charge < -0.3 is 4.98 Å². The molecule has 0 spiro atoms. The van der Waals surface area contributed by atoms with Gasteiger partial charge in [-0.05, 0) is 0 Å². The van der Waals surface area contributed by atoms with Crippen LogP contribution in [0.15, 0.2) is 30.3 Å². The summed E-state index contributed by atoms with van der Waals surface area (Å²) in [6.07, 6.45) is 2.91. The summed E-state index contributed by atoms with van der Waals surface area (Å²) in [5.74, 6) is 0. The molecule has 1 heterocycles. The molecule has 0 saturated heterocycles. The van der Waals surface area contributed by atoms with E-state index in [2.05, 4.69) is 17.2 Å². The van der Waals surface area contributed by atoms with Gasteiger partial charge >= 0.3 is 0 Å². The largest absolute Gasteiger partial charge is 0.477 e. The molecule has 1 nitrogen and oxygen atoms in total. The number of hydrogen-bond donors (Lipinski definition) is 1. The molecule has 2 rings (SSSR count). The summed E-state index contributed by atoms with van der Waals surface area (Å²) in [4.78, 5) is 2.99. The molecule has 0 saturated carbocycles. The van der Waals surface area contributed by atoms with Crippen molar-refractivity contribution in [2.24, 2.45) is 0 Å². The van der Waals surface area contributed by atoms with E-state index in [0.717, 1.165) is 5.52 Å². The number of fused-ring (bicyclic) bond motifs is 1. The van der Waals surface area contributed by atoms with Crippen LogP contribution in [0.2, 0.25) is 0 Å². The van der Waals surface area contributed by atoms with Gasteiger partial charge in [0.1, 0.15) is 0 Å². The molecule has 0 radical (unpaired) electrons. The first kappa shape index (κ1) is 7.49. The Balaban J connectivity index is 0.000000500. The van der Waals surface area contributed by atoms with Gasteiger partial charge in [0.15, 0.2) is 0 Å². The smallest absolute Gasteiger partial charge is 0 e. The Kier molecular flexibility index (Phi) is 2.23. The first-order chi connectivity index (χ1) is 4.47. The van der Waals surface area contributed by atoms with E-state index in [4.69, 9.17) is 0 Å². The van der Waals surface area contributed by atoms with Gasteiger partial charge in [-0.1, -0.05) is 12.1 Å². The van der Waals surface area contributed by atoms with Crippen LogP contribution < -0.4 is 0 Å². The molecule has 0 unspecified atom stereocenters. The molecule has 1 aromatic carbocycles. The first-order valence-corrected chi connectivity index (χ1v) is 2.90. The van der Waals surface area contributed by atoms with Crippen LogP contribution in [0, 0.1) is 6.20 Å². The molecule has 2 heteroatoms. The fourth-order valence-electron chi connectivity index (χ4n) is 0.928. The summed E-state index contributed by atoms with van der Waals surface area (Å²) in [6.45, 7) is 0. The fourth-order valence-corrected chi connectivity index (χ4v) is 0.928. The maximum absolute atomic E-state index is 2.99. The van der Waals surface area contributed by atoms with Gasteiger partial charge in [-0.2, -0.15) is 11.5 Å². The van der Waals surface area contributed by atoms with Crippen LogP contribution >= 0.6 is 0 Å². The SMILES string of the molecule is [Zn].[c-]1cc2ccccc2[nH]1. The van der Waals surface area contributed by atoms with Crippen molar-refractivity contribution in [2.45, 2.75) is 0 Å². The summed E-state index contributed by atoms with van der Waals surface area (Å²) in [7, 11) is 0. The number of rotatable bonds is 0. The van der Waals surface area contributed by atoms with Crippen molar-refractivity contribution in [2.75, 3.05) is 0 Å². The Bertz CT molecular complexity index is 283. The van der Waals surface area contributed by atoms with Crippen molar-refractivity contribution in [3.63, 3.8) is 0 Å². The second kappa shape index (κ2) is 2.98. The van der Waals surface area contributed by atoms with Crippen LogP contribution in [-0.4, -0.2) is 4.98 Å². The zero-order valence-electron chi connectivity index (χ0n) is 5.59. The number of para-hydroxylation sites is 1. The Morgan fingerprint density at radius 3 is 2.80 bits per heavy atom. The van der Waals surface area contributed by atoms with E-state index in [0.29, 0.717) is 0 Å². The molecule has 0 bridgehead atoms. The molecule has 46 valence electrons. The van der Waals surface area contributed by atoms with Gasteiger partial charge in [0, 0.05) is 19.5 Å². The van der Waals surface area contributed by atoms with E-state index >= 15 is 0 Å². The topological polar surface area (TPSA) is 15.8 Å². The van der Waals surface area contributed by atoms with Crippen LogP contribution in [0.4, 0.5) is 0 Å². The van der Waals surface area contributed by atoms with E-state index in [9.17, 15) is 0 Å². The van der Waals surface area contributed by atoms with Crippen LogP contribution in [0.3, 0.4) is 0 Å². The van der Waals surface area contributed by atoms with Gasteiger partial charge in [0.25, 0.3) is 0 Å². The Morgan fingerprint density at radius 2 is 2.00 bits per heavy atom. The molecule has 1 N–H and O–H groups in total. The van der Waals surface area contributed by atoms with Gasteiger partial charge in [-0.15, -0.1) is 23.8 Å². The average Bonchev–Trinajstić information content (AvgIpc) is 2.33. The normalized spacial score (nSPS) is 9.20. The van der Waals surface area contributed by atoms with Gasteiger partial charge in [0.2, 0.25) is 0 Å². The molecular weight excluding hydrogens is 175 g/mol. The number of aromatic amines is 1. The average molecular weight is 182 g/mol. The summed E-state index contributed by atoms with van der Waals surface area (Å²) < 4.78 is 0. The van der Waals surface area contributed by atoms with E-state index in [1.54, 1.807) is 0 Å². The standard InChI is InChI=1S/C8H6N.Zn/c1-2-4-8-7(3-1)5-6-9-8;/h1-5,9H;/q-1;. The van der Waals surface area contributed by atoms with Crippen LogP contribution in [0.5, 0.6) is 0 Å². The molecule has 1 aromatic heterocycles. The summed E-state index contributed by atoms with van der Waals surface area (Å²) >= 11 is 0. The minimum absolute atomic E-state index is 0. The third-order valence-electron chi connectivity index (χ3n) is 1.40. The van der Waals surface area contributed by atoms with Crippen molar-refractivity contribution >= 4 is 10.9 Å². The number of hydrogen-bond acceptors (Lipinski definition) is 0.